The summed E-state index contributed by atoms with van der Waals surface area (Å²) in [5.74, 6) is 2.38. The molecule has 0 fully saturated rings. The minimum Gasteiger partial charge on any atom is -0.497 e. The number of thiazole rings is 1. The molecule has 2 aromatic heterocycles. The molecule has 24 heavy (non-hydrogen) atoms. The lowest BCUT2D eigenvalue weighted by Crippen LogP contribution is -2.18. The number of oxazole rings is 1. The molecule has 0 saturated carbocycles. The van der Waals surface area contributed by atoms with Crippen molar-refractivity contribution in [2.24, 2.45) is 0 Å². The zero-order chi connectivity index (χ0) is 17.1. The Morgan fingerprint density at radius 3 is 2.62 bits per heavy atom. The molecule has 1 unspecified atom stereocenters. The van der Waals surface area contributed by atoms with Crippen molar-refractivity contribution in [2.45, 2.75) is 33.4 Å². The zero-order valence-corrected chi connectivity index (χ0v) is 15.1. The van der Waals surface area contributed by atoms with Crippen molar-refractivity contribution in [3.63, 3.8) is 0 Å². The monoisotopic (exact) mass is 343 g/mol. The first kappa shape index (κ1) is 16.7. The lowest BCUT2D eigenvalue weighted by Gasteiger charge is -2.10. The quantitative estimate of drug-likeness (QED) is 0.724. The van der Waals surface area contributed by atoms with Gasteiger partial charge < -0.3 is 14.5 Å². The summed E-state index contributed by atoms with van der Waals surface area (Å²) in [7, 11) is 1.67. The first-order valence-corrected chi connectivity index (χ1v) is 8.65. The van der Waals surface area contributed by atoms with Crippen LogP contribution in [0.25, 0.3) is 10.6 Å². The van der Waals surface area contributed by atoms with Crippen LogP contribution in [0.1, 0.15) is 35.2 Å². The number of hydrogen-bond acceptors (Lipinski definition) is 6. The van der Waals surface area contributed by atoms with Crippen LogP contribution in [0.2, 0.25) is 0 Å². The molecular weight excluding hydrogens is 322 g/mol. The molecule has 1 N–H and O–H groups in total. The van der Waals surface area contributed by atoms with Crippen molar-refractivity contribution in [1.29, 1.82) is 0 Å². The molecule has 0 bridgehead atoms. The highest BCUT2D eigenvalue weighted by Crippen LogP contribution is 2.32. The van der Waals surface area contributed by atoms with E-state index in [1.807, 2.05) is 38.1 Å². The van der Waals surface area contributed by atoms with Crippen LogP contribution >= 0.6 is 11.3 Å². The Kier molecular flexibility index (Phi) is 4.97. The van der Waals surface area contributed by atoms with Crippen molar-refractivity contribution < 1.29 is 9.15 Å². The van der Waals surface area contributed by atoms with Crippen molar-refractivity contribution >= 4 is 11.3 Å². The molecule has 2 heterocycles. The number of hydrogen-bond donors (Lipinski definition) is 1. The largest absolute Gasteiger partial charge is 0.497 e. The highest BCUT2D eigenvalue weighted by Gasteiger charge is 2.16. The minimum absolute atomic E-state index is 0.182. The molecular formula is C18H21N3O2S. The second kappa shape index (κ2) is 7.15. The summed E-state index contributed by atoms with van der Waals surface area (Å²) in [6.07, 6.45) is 1.74. The van der Waals surface area contributed by atoms with Gasteiger partial charge in [0.2, 0.25) is 5.89 Å². The first-order valence-electron chi connectivity index (χ1n) is 7.83. The van der Waals surface area contributed by atoms with E-state index < -0.39 is 0 Å². The van der Waals surface area contributed by atoms with Crippen LogP contribution in [-0.2, 0) is 6.54 Å². The van der Waals surface area contributed by atoms with Crippen molar-refractivity contribution in [3.8, 4) is 16.3 Å². The fourth-order valence-corrected chi connectivity index (χ4v) is 3.58. The Hall–Kier alpha value is -2.18. The molecule has 0 aliphatic heterocycles. The van der Waals surface area contributed by atoms with E-state index in [4.69, 9.17) is 14.1 Å². The first-order chi connectivity index (χ1) is 11.6. The number of aryl methyl sites for hydroxylation is 2. The molecule has 0 aliphatic carbocycles. The summed E-state index contributed by atoms with van der Waals surface area (Å²) in [5, 5.41) is 4.47. The third kappa shape index (κ3) is 3.66. The Bertz CT molecular complexity index is 808. The lowest BCUT2D eigenvalue weighted by molar-refractivity contribution is 0.415. The fourth-order valence-electron chi connectivity index (χ4n) is 2.48. The van der Waals surface area contributed by atoms with Gasteiger partial charge in [0, 0.05) is 16.5 Å². The van der Waals surface area contributed by atoms with E-state index in [1.54, 1.807) is 24.6 Å². The smallest absolute Gasteiger partial charge is 0.208 e. The normalized spacial score (nSPS) is 12.3. The standard InChI is InChI=1S/C18H21N3O2S/c1-11-9-20-16(23-11)10-19-12(2)17-13(3)21-18(24-17)14-5-7-15(22-4)8-6-14/h5-9,12,19H,10H2,1-4H3. The molecule has 0 amide bonds. The molecule has 5 nitrogen and oxygen atoms in total. The maximum absolute atomic E-state index is 5.50. The van der Waals surface area contributed by atoms with Gasteiger partial charge in [0.15, 0.2) is 0 Å². The molecule has 0 spiro atoms. The second-order valence-electron chi connectivity index (χ2n) is 5.66. The fraction of sp³-hybridized carbons (Fsp3) is 0.333. The molecule has 1 atom stereocenters. The Morgan fingerprint density at radius 1 is 1.25 bits per heavy atom. The number of ether oxygens (including phenoxy) is 1. The minimum atomic E-state index is 0.182. The van der Waals surface area contributed by atoms with Crippen LogP contribution in [0.5, 0.6) is 5.75 Å². The van der Waals surface area contributed by atoms with E-state index in [1.165, 1.54) is 4.88 Å². The highest BCUT2D eigenvalue weighted by molar-refractivity contribution is 7.15. The van der Waals surface area contributed by atoms with Gasteiger partial charge in [0.25, 0.3) is 0 Å². The molecule has 3 rings (SSSR count). The molecule has 6 heteroatoms. The molecule has 126 valence electrons. The van der Waals surface area contributed by atoms with Gasteiger partial charge in [-0.25, -0.2) is 9.97 Å². The van der Waals surface area contributed by atoms with Gasteiger partial charge in [-0.05, 0) is 45.0 Å². The van der Waals surface area contributed by atoms with Gasteiger partial charge in [0.05, 0.1) is 25.5 Å². The number of nitrogens with one attached hydrogen (secondary N) is 1. The predicted molar refractivity (Wildman–Crippen MR) is 95.3 cm³/mol. The third-order valence-corrected chi connectivity index (χ3v) is 5.18. The number of nitrogens with zero attached hydrogens (tertiary/aromatic N) is 2. The lowest BCUT2D eigenvalue weighted by atomic mass is 10.2. The van der Waals surface area contributed by atoms with Gasteiger partial charge in [-0.1, -0.05) is 0 Å². The molecule has 3 aromatic rings. The summed E-state index contributed by atoms with van der Waals surface area (Å²) in [6, 6.07) is 8.17. The molecule has 0 aliphatic rings. The van der Waals surface area contributed by atoms with Crippen LogP contribution < -0.4 is 10.1 Å². The summed E-state index contributed by atoms with van der Waals surface area (Å²) in [4.78, 5) is 10.2. The number of rotatable bonds is 6. The van der Waals surface area contributed by atoms with E-state index in [-0.39, 0.29) is 6.04 Å². The maximum Gasteiger partial charge on any atom is 0.208 e. The van der Waals surface area contributed by atoms with Crippen LogP contribution in [0, 0.1) is 13.8 Å². The van der Waals surface area contributed by atoms with Gasteiger partial charge in [0.1, 0.15) is 16.5 Å². The van der Waals surface area contributed by atoms with Crippen LogP contribution in [0.15, 0.2) is 34.9 Å². The third-order valence-electron chi connectivity index (χ3n) is 3.79. The van der Waals surface area contributed by atoms with E-state index in [9.17, 15) is 0 Å². The predicted octanol–water partition coefficient (Wildman–Crippen LogP) is 4.27. The topological polar surface area (TPSA) is 60.2 Å². The van der Waals surface area contributed by atoms with Gasteiger partial charge in [-0.3, -0.25) is 0 Å². The Morgan fingerprint density at radius 2 is 2.00 bits per heavy atom. The molecule has 1 aromatic carbocycles. The SMILES string of the molecule is COc1ccc(-c2nc(C)c(C(C)NCc3ncc(C)o3)s2)cc1. The summed E-state index contributed by atoms with van der Waals surface area (Å²) < 4.78 is 10.7. The van der Waals surface area contributed by atoms with Crippen molar-refractivity contribution in [3.05, 3.63) is 52.7 Å². The van der Waals surface area contributed by atoms with Crippen molar-refractivity contribution in [1.82, 2.24) is 15.3 Å². The number of methoxy groups -OCH3 is 1. The summed E-state index contributed by atoms with van der Waals surface area (Å²) in [5.41, 5.74) is 2.15. The van der Waals surface area contributed by atoms with E-state index in [2.05, 4.69) is 17.2 Å². The second-order valence-corrected chi connectivity index (χ2v) is 6.70. The van der Waals surface area contributed by atoms with Crippen LogP contribution in [0.4, 0.5) is 0 Å². The van der Waals surface area contributed by atoms with Gasteiger partial charge >= 0.3 is 0 Å². The van der Waals surface area contributed by atoms with Gasteiger partial charge in [-0.2, -0.15) is 0 Å². The Balaban J connectivity index is 1.72. The van der Waals surface area contributed by atoms with Gasteiger partial charge in [-0.15, -0.1) is 11.3 Å². The average molecular weight is 343 g/mol. The van der Waals surface area contributed by atoms with E-state index in [0.29, 0.717) is 12.4 Å². The molecule has 0 saturated heterocycles. The van der Waals surface area contributed by atoms with E-state index in [0.717, 1.165) is 27.8 Å². The highest BCUT2D eigenvalue weighted by atomic mass is 32.1. The van der Waals surface area contributed by atoms with E-state index >= 15 is 0 Å². The van der Waals surface area contributed by atoms with Crippen LogP contribution in [0.3, 0.4) is 0 Å². The molecule has 0 radical (unpaired) electrons. The maximum atomic E-state index is 5.50. The number of aromatic nitrogens is 2. The number of benzene rings is 1. The summed E-state index contributed by atoms with van der Waals surface area (Å²) >= 11 is 1.71. The van der Waals surface area contributed by atoms with Crippen molar-refractivity contribution in [2.75, 3.05) is 7.11 Å². The Labute approximate surface area is 145 Å². The zero-order valence-electron chi connectivity index (χ0n) is 14.3. The summed E-state index contributed by atoms with van der Waals surface area (Å²) in [6.45, 7) is 6.68. The average Bonchev–Trinajstić information content (AvgIpc) is 3.18. The van der Waals surface area contributed by atoms with Crippen LogP contribution in [-0.4, -0.2) is 17.1 Å².